The van der Waals surface area contributed by atoms with Crippen molar-refractivity contribution in [3.63, 3.8) is 0 Å². The number of thioether (sulfide) groups is 1. The molecular formula is C25H18ClN3O4S. The Morgan fingerprint density at radius 2 is 1.68 bits per heavy atom. The van der Waals surface area contributed by atoms with Crippen LogP contribution in [0.25, 0.3) is 5.69 Å². The third kappa shape index (κ3) is 4.13. The van der Waals surface area contributed by atoms with Crippen LogP contribution in [0, 0.1) is 0 Å². The van der Waals surface area contributed by atoms with E-state index in [9.17, 15) is 19.8 Å². The topological polar surface area (TPSA) is 108 Å². The van der Waals surface area contributed by atoms with Crippen molar-refractivity contribution in [2.45, 2.75) is 16.6 Å². The van der Waals surface area contributed by atoms with Gasteiger partial charge in [-0.1, -0.05) is 35.9 Å². The molecule has 0 unspecified atom stereocenters. The molecule has 7 nitrogen and oxygen atoms in total. The SMILES string of the molecule is O=c1[nH]c(=O)n(-c2ccc(Cl)cc2)c(O)c1C1=Nc2ccccc2S[C@@H](c2ccc(O)cc2)C1. The molecule has 0 radical (unpaired) electrons. The minimum Gasteiger partial charge on any atom is -0.508 e. The predicted molar refractivity (Wildman–Crippen MR) is 133 cm³/mol. The summed E-state index contributed by atoms with van der Waals surface area (Å²) in [6.07, 6.45) is 0.305. The first-order chi connectivity index (χ1) is 16.4. The normalized spacial score (nSPS) is 15.3. The van der Waals surface area contributed by atoms with Crippen LogP contribution in [0.4, 0.5) is 5.69 Å². The van der Waals surface area contributed by atoms with Gasteiger partial charge in [-0.3, -0.25) is 14.8 Å². The summed E-state index contributed by atoms with van der Waals surface area (Å²) < 4.78 is 1.02. The summed E-state index contributed by atoms with van der Waals surface area (Å²) >= 11 is 7.54. The van der Waals surface area contributed by atoms with Crippen LogP contribution in [0.15, 0.2) is 92.3 Å². The number of para-hydroxylation sites is 1. The standard InChI is InChI=1S/C25H18ClN3O4S/c26-15-7-9-16(10-8-15)29-24(32)22(23(31)28-25(29)33)19-13-21(14-5-11-17(30)12-6-14)34-20-4-2-1-3-18(20)27-19/h1-12,21,30,32H,13H2,(H,28,31,33)/t21-/m1/s1. The Balaban J connectivity index is 1.70. The van der Waals surface area contributed by atoms with Gasteiger partial charge in [0.2, 0.25) is 5.88 Å². The van der Waals surface area contributed by atoms with Crippen molar-refractivity contribution in [3.8, 4) is 17.3 Å². The molecular weight excluding hydrogens is 474 g/mol. The molecule has 3 N–H and O–H groups in total. The van der Waals surface area contributed by atoms with E-state index in [2.05, 4.69) is 4.98 Å². The number of fused-ring (bicyclic) bond motifs is 1. The highest BCUT2D eigenvalue weighted by molar-refractivity contribution is 7.99. The maximum absolute atomic E-state index is 12.9. The number of benzene rings is 3. The van der Waals surface area contributed by atoms with Gasteiger partial charge < -0.3 is 10.2 Å². The number of nitrogens with one attached hydrogen (secondary N) is 1. The monoisotopic (exact) mass is 491 g/mol. The lowest BCUT2D eigenvalue weighted by Crippen LogP contribution is -2.33. The molecule has 0 spiro atoms. The number of hydrogen-bond donors (Lipinski definition) is 3. The van der Waals surface area contributed by atoms with Crippen LogP contribution < -0.4 is 11.2 Å². The van der Waals surface area contributed by atoms with Crippen molar-refractivity contribution in [1.29, 1.82) is 0 Å². The third-order valence-electron chi connectivity index (χ3n) is 5.49. The molecule has 4 aromatic rings. The number of hydrogen-bond acceptors (Lipinski definition) is 6. The second-order valence-electron chi connectivity index (χ2n) is 7.70. The fraction of sp³-hybridized carbons (Fsp3) is 0.0800. The average Bonchev–Trinajstić information content (AvgIpc) is 3.00. The average molecular weight is 492 g/mol. The van der Waals surface area contributed by atoms with Gasteiger partial charge in [0, 0.05) is 21.6 Å². The molecule has 1 aliphatic heterocycles. The molecule has 170 valence electrons. The van der Waals surface area contributed by atoms with E-state index in [4.69, 9.17) is 16.6 Å². The Morgan fingerprint density at radius 3 is 2.41 bits per heavy atom. The quantitative estimate of drug-likeness (QED) is 0.376. The fourth-order valence-electron chi connectivity index (χ4n) is 3.86. The Labute approximate surface area is 203 Å². The maximum Gasteiger partial charge on any atom is 0.335 e. The number of aliphatic imine (C=N–C) groups is 1. The fourth-order valence-corrected chi connectivity index (χ4v) is 5.22. The number of nitrogens with zero attached hydrogens (tertiary/aromatic N) is 2. The first kappa shape index (κ1) is 22.1. The van der Waals surface area contributed by atoms with E-state index in [1.807, 2.05) is 36.4 Å². The summed E-state index contributed by atoms with van der Waals surface area (Å²) in [4.78, 5) is 33.5. The predicted octanol–water partition coefficient (Wildman–Crippen LogP) is 4.95. The van der Waals surface area contributed by atoms with Crippen LogP contribution in [0.1, 0.15) is 22.8 Å². The summed E-state index contributed by atoms with van der Waals surface area (Å²) in [7, 11) is 0. The number of phenols is 1. The molecule has 0 saturated carbocycles. The molecule has 5 rings (SSSR count). The minimum atomic E-state index is -0.771. The Morgan fingerprint density at radius 1 is 0.971 bits per heavy atom. The molecule has 2 heterocycles. The number of phenolic OH excluding ortho intramolecular Hbond substituents is 1. The summed E-state index contributed by atoms with van der Waals surface area (Å²) in [5.41, 5.74) is 0.713. The van der Waals surface area contributed by atoms with Crippen molar-refractivity contribution < 1.29 is 10.2 Å². The van der Waals surface area contributed by atoms with Crippen molar-refractivity contribution in [2.24, 2.45) is 4.99 Å². The van der Waals surface area contributed by atoms with Gasteiger partial charge in [-0.05, 0) is 54.1 Å². The Kier molecular flexibility index (Phi) is 5.77. The van der Waals surface area contributed by atoms with Gasteiger partial charge in [0.1, 0.15) is 11.3 Å². The Hall–Kier alpha value is -3.75. The molecule has 0 amide bonds. The number of aromatic amines is 1. The number of aromatic hydroxyl groups is 2. The first-order valence-electron chi connectivity index (χ1n) is 10.4. The molecule has 0 fully saturated rings. The largest absolute Gasteiger partial charge is 0.508 e. The highest BCUT2D eigenvalue weighted by Gasteiger charge is 2.27. The lowest BCUT2D eigenvalue weighted by molar-refractivity contribution is 0.429. The van der Waals surface area contributed by atoms with E-state index < -0.39 is 17.1 Å². The van der Waals surface area contributed by atoms with E-state index in [-0.39, 0.29) is 16.6 Å². The molecule has 1 aromatic heterocycles. The minimum absolute atomic E-state index is 0.0735. The van der Waals surface area contributed by atoms with E-state index in [0.29, 0.717) is 28.5 Å². The van der Waals surface area contributed by atoms with Gasteiger partial charge in [0.15, 0.2) is 0 Å². The van der Waals surface area contributed by atoms with Crippen LogP contribution in [-0.4, -0.2) is 25.5 Å². The number of halogens is 1. The maximum atomic E-state index is 12.9. The highest BCUT2D eigenvalue weighted by Crippen LogP contribution is 2.45. The lowest BCUT2D eigenvalue weighted by Gasteiger charge is -2.17. The summed E-state index contributed by atoms with van der Waals surface area (Å²) in [5.74, 6) is -0.343. The van der Waals surface area contributed by atoms with Gasteiger partial charge in [-0.2, -0.15) is 0 Å². The van der Waals surface area contributed by atoms with Crippen molar-refractivity contribution in [2.75, 3.05) is 0 Å². The van der Waals surface area contributed by atoms with E-state index in [0.717, 1.165) is 15.0 Å². The Bertz CT molecular complexity index is 1530. The van der Waals surface area contributed by atoms with Gasteiger partial charge in [-0.15, -0.1) is 11.8 Å². The number of aromatic nitrogens is 2. The number of H-pyrrole nitrogens is 1. The summed E-state index contributed by atoms with van der Waals surface area (Å²) in [6.45, 7) is 0. The molecule has 0 aliphatic carbocycles. The smallest absolute Gasteiger partial charge is 0.335 e. The zero-order chi connectivity index (χ0) is 23.8. The van der Waals surface area contributed by atoms with Crippen molar-refractivity contribution >= 4 is 34.8 Å². The van der Waals surface area contributed by atoms with E-state index in [1.165, 1.54) is 0 Å². The zero-order valence-corrected chi connectivity index (χ0v) is 19.2. The molecule has 0 bridgehead atoms. The van der Waals surface area contributed by atoms with Crippen molar-refractivity contribution in [3.05, 3.63) is 110 Å². The molecule has 9 heteroatoms. The van der Waals surface area contributed by atoms with E-state index >= 15 is 0 Å². The molecule has 1 aliphatic rings. The zero-order valence-electron chi connectivity index (χ0n) is 17.6. The van der Waals surface area contributed by atoms with Gasteiger partial charge in [-0.25, -0.2) is 9.36 Å². The van der Waals surface area contributed by atoms with Gasteiger partial charge in [0.25, 0.3) is 5.56 Å². The third-order valence-corrected chi connectivity index (χ3v) is 7.07. The second-order valence-corrected chi connectivity index (χ2v) is 9.38. The second kappa shape index (κ2) is 8.89. The number of rotatable bonds is 3. The van der Waals surface area contributed by atoms with Crippen molar-refractivity contribution in [1.82, 2.24) is 9.55 Å². The lowest BCUT2D eigenvalue weighted by atomic mass is 10.0. The highest BCUT2D eigenvalue weighted by atomic mass is 35.5. The van der Waals surface area contributed by atoms with Crippen LogP contribution in [-0.2, 0) is 0 Å². The molecule has 0 saturated heterocycles. The van der Waals surface area contributed by atoms with Gasteiger partial charge >= 0.3 is 5.69 Å². The molecule has 34 heavy (non-hydrogen) atoms. The van der Waals surface area contributed by atoms with Crippen LogP contribution in [0.5, 0.6) is 11.6 Å². The van der Waals surface area contributed by atoms with E-state index in [1.54, 1.807) is 48.2 Å². The summed E-state index contributed by atoms with van der Waals surface area (Å²) in [6, 6.07) is 20.7. The van der Waals surface area contributed by atoms with Crippen LogP contribution in [0.2, 0.25) is 5.02 Å². The molecule has 1 atom stereocenters. The first-order valence-corrected chi connectivity index (χ1v) is 11.6. The van der Waals surface area contributed by atoms with Gasteiger partial charge in [0.05, 0.1) is 17.1 Å². The summed E-state index contributed by atoms with van der Waals surface area (Å²) in [5, 5.41) is 21.2. The van der Waals surface area contributed by atoms with Crippen LogP contribution in [0.3, 0.4) is 0 Å². The molecule has 3 aromatic carbocycles. The van der Waals surface area contributed by atoms with Crippen LogP contribution >= 0.6 is 23.4 Å².